The maximum Gasteiger partial charge on any atom is 2.00 e. The number of halogens is 26. The average Bonchev–Trinajstić information content (AvgIpc) is 2.65. The number of hydrogen-bond donors (Lipinski definition) is 0. The largest absolute Gasteiger partial charge is 2.00 e. The third-order valence-corrected chi connectivity index (χ3v) is 3.55. The predicted molar refractivity (Wildman–Crippen MR) is 62.6 cm³/mol. The molecule has 241 valence electrons. The zero-order valence-corrected chi connectivity index (χ0v) is 17.1. The Morgan fingerprint density at radius 1 is 0.256 bits per heavy atom. The fourth-order valence-corrected chi connectivity index (χ4v) is 1.38. The van der Waals surface area contributed by atoms with Crippen LogP contribution < -0.4 is 0 Å². The monoisotopic (exact) mass is 701 g/mol. The SMILES string of the molecule is F[C-](F)C(F)(F)C(F)(F)C(F)(F)C(F)(F)C(F)(F)F.F[C-](F)C(F)(F)C(F)(F)C(F)(F)C(F)(F)C(F)(F)F.[Cu+2]. The molecule has 0 aliphatic heterocycles. The summed E-state index contributed by atoms with van der Waals surface area (Å²) in [4.78, 5) is 0. The number of alkyl halides is 22. The summed E-state index contributed by atoms with van der Waals surface area (Å²) in [7, 11) is 0. The summed E-state index contributed by atoms with van der Waals surface area (Å²) in [6, 6.07) is 0. The molecule has 0 aromatic carbocycles. The average molecular weight is 702 g/mol. The van der Waals surface area contributed by atoms with Gasteiger partial charge in [0.25, 0.3) is 11.8 Å². The zero-order valence-electron chi connectivity index (χ0n) is 16.1. The fraction of sp³-hybridized carbons (Fsp3) is 0.833. The van der Waals surface area contributed by atoms with E-state index in [0.717, 1.165) is 0 Å². The Morgan fingerprint density at radius 2 is 0.410 bits per heavy atom. The van der Waals surface area contributed by atoms with E-state index in [4.69, 9.17) is 0 Å². The second-order valence-corrected chi connectivity index (χ2v) is 6.11. The molecule has 0 aliphatic rings. The molecule has 0 nitrogen and oxygen atoms in total. The van der Waals surface area contributed by atoms with Crippen molar-refractivity contribution in [2.24, 2.45) is 0 Å². The number of hydrogen-bond acceptors (Lipinski definition) is 0. The Balaban J connectivity index is -0.000000648. The van der Waals surface area contributed by atoms with Gasteiger partial charge in [0.2, 0.25) is 0 Å². The third-order valence-electron chi connectivity index (χ3n) is 3.55. The maximum absolute atomic E-state index is 12.3. The van der Waals surface area contributed by atoms with Crippen molar-refractivity contribution >= 4 is 0 Å². The van der Waals surface area contributed by atoms with E-state index in [9.17, 15) is 114 Å². The Morgan fingerprint density at radius 3 is 0.513 bits per heavy atom. The summed E-state index contributed by atoms with van der Waals surface area (Å²) in [5, 5.41) is 0. The quantitative estimate of drug-likeness (QED) is 0.135. The van der Waals surface area contributed by atoms with Crippen LogP contribution in [0, 0.1) is 12.9 Å². The van der Waals surface area contributed by atoms with Crippen LogP contribution in [0.4, 0.5) is 114 Å². The molecule has 0 bridgehead atoms. The first-order valence-corrected chi connectivity index (χ1v) is 7.41. The van der Waals surface area contributed by atoms with Gasteiger partial charge in [-0.15, -0.1) is 0 Å². The van der Waals surface area contributed by atoms with Crippen molar-refractivity contribution in [3.8, 4) is 0 Å². The van der Waals surface area contributed by atoms with Gasteiger partial charge in [0.1, 0.15) is 0 Å². The smallest absolute Gasteiger partial charge is 0.415 e. The first-order valence-electron chi connectivity index (χ1n) is 7.41. The zero-order chi connectivity index (χ0) is 32.2. The molecule has 0 saturated carbocycles. The molecule has 0 aromatic heterocycles. The molecule has 0 saturated heterocycles. The molecule has 0 unspecified atom stereocenters. The van der Waals surface area contributed by atoms with E-state index < -0.39 is 72.6 Å². The molecular formula is C12CuF26. The van der Waals surface area contributed by atoms with Gasteiger partial charge in [0.05, 0.1) is 12.9 Å². The molecule has 27 heteroatoms. The molecule has 0 spiro atoms. The normalized spacial score (nSPS) is 15.7. The van der Waals surface area contributed by atoms with Crippen LogP contribution in [0.25, 0.3) is 0 Å². The molecule has 0 heterocycles. The van der Waals surface area contributed by atoms with Crippen molar-refractivity contribution in [3.05, 3.63) is 12.9 Å². The minimum absolute atomic E-state index is 0. The van der Waals surface area contributed by atoms with Gasteiger partial charge >= 0.3 is 65.0 Å². The van der Waals surface area contributed by atoms with E-state index >= 15 is 0 Å². The van der Waals surface area contributed by atoms with E-state index in [1.54, 1.807) is 0 Å². The van der Waals surface area contributed by atoms with E-state index in [2.05, 4.69) is 0 Å². The summed E-state index contributed by atoms with van der Waals surface area (Å²) in [5.41, 5.74) is 0. The summed E-state index contributed by atoms with van der Waals surface area (Å²) >= 11 is 0. The number of rotatable bonds is 8. The van der Waals surface area contributed by atoms with E-state index in [0.29, 0.717) is 0 Å². The standard InChI is InChI=1S/2C6F13.Cu/c2*7-1(8)2(9,10)3(11,12)4(13,14)5(15,16)6(17,18)19;/q2*-1;+2. The van der Waals surface area contributed by atoms with Gasteiger partial charge in [-0.05, 0) is 0 Å². The summed E-state index contributed by atoms with van der Waals surface area (Å²) in [5.74, 6) is -60.6. The van der Waals surface area contributed by atoms with Crippen molar-refractivity contribution in [1.29, 1.82) is 0 Å². The van der Waals surface area contributed by atoms with Crippen molar-refractivity contribution < 1.29 is 131 Å². The Labute approximate surface area is 205 Å². The van der Waals surface area contributed by atoms with Crippen molar-refractivity contribution in [2.45, 2.75) is 59.7 Å². The molecule has 0 aliphatic carbocycles. The topological polar surface area (TPSA) is 0 Å². The van der Waals surface area contributed by atoms with Crippen molar-refractivity contribution in [3.63, 3.8) is 0 Å². The van der Waals surface area contributed by atoms with Crippen molar-refractivity contribution in [2.75, 3.05) is 0 Å². The van der Waals surface area contributed by atoms with Gasteiger partial charge < -0.3 is 17.6 Å². The Hall–Kier alpha value is -1.30. The minimum atomic E-state index is -7.80. The van der Waals surface area contributed by atoms with Crippen LogP contribution in [0.5, 0.6) is 0 Å². The predicted octanol–water partition coefficient (Wildman–Crippen LogP) is 9.03. The molecule has 0 rings (SSSR count). The van der Waals surface area contributed by atoms with E-state index in [-0.39, 0.29) is 17.1 Å². The molecule has 0 amide bonds. The summed E-state index contributed by atoms with van der Waals surface area (Å²) in [6.45, 7) is 0. The van der Waals surface area contributed by atoms with Crippen LogP contribution in [-0.4, -0.2) is 59.7 Å². The van der Waals surface area contributed by atoms with Gasteiger partial charge in [-0.2, -0.15) is 79.0 Å². The van der Waals surface area contributed by atoms with Crippen LogP contribution in [0.2, 0.25) is 0 Å². The Kier molecular flexibility index (Phi) is 12.1. The van der Waals surface area contributed by atoms with Crippen LogP contribution in [0.15, 0.2) is 0 Å². The molecule has 0 fully saturated rings. The van der Waals surface area contributed by atoms with Crippen molar-refractivity contribution in [1.82, 2.24) is 0 Å². The molecule has 39 heavy (non-hydrogen) atoms. The van der Waals surface area contributed by atoms with Crippen LogP contribution in [0.1, 0.15) is 0 Å². The van der Waals surface area contributed by atoms with E-state index in [1.165, 1.54) is 0 Å². The fourth-order valence-electron chi connectivity index (χ4n) is 1.38. The summed E-state index contributed by atoms with van der Waals surface area (Å²) in [6.07, 6.45) is -24.2. The minimum Gasteiger partial charge on any atom is -0.415 e. The van der Waals surface area contributed by atoms with Crippen LogP contribution >= 0.6 is 0 Å². The molecule has 0 aromatic rings. The first-order chi connectivity index (χ1) is 15.9. The van der Waals surface area contributed by atoms with Crippen LogP contribution in [0.3, 0.4) is 0 Å². The maximum atomic E-state index is 12.3. The van der Waals surface area contributed by atoms with E-state index in [1.807, 2.05) is 0 Å². The van der Waals surface area contributed by atoms with Crippen LogP contribution in [-0.2, 0) is 17.1 Å². The molecule has 0 atom stereocenters. The first kappa shape index (κ1) is 42.2. The summed E-state index contributed by atoms with van der Waals surface area (Å²) < 4.78 is 309. The molecule has 0 N–H and O–H groups in total. The van der Waals surface area contributed by atoms with Gasteiger partial charge in [-0.1, -0.05) is 0 Å². The molecule has 1 radical (unpaired) electrons. The van der Waals surface area contributed by atoms with Gasteiger partial charge in [0, 0.05) is 0 Å². The second kappa shape index (κ2) is 11.2. The van der Waals surface area contributed by atoms with Gasteiger partial charge in [-0.3, -0.25) is 0 Å². The molecular weight excluding hydrogens is 702 g/mol. The van der Waals surface area contributed by atoms with Gasteiger partial charge in [0.15, 0.2) is 0 Å². The Bertz CT molecular complexity index is 718. The van der Waals surface area contributed by atoms with Gasteiger partial charge in [-0.25, -0.2) is 17.6 Å². The third kappa shape index (κ3) is 6.46. The second-order valence-electron chi connectivity index (χ2n) is 6.11.